The van der Waals surface area contributed by atoms with E-state index in [-0.39, 0.29) is 4.34 Å². The normalized spacial score (nSPS) is 12.3. The van der Waals surface area contributed by atoms with Gasteiger partial charge in [0.05, 0.1) is 0 Å². The van der Waals surface area contributed by atoms with Gasteiger partial charge in [0.25, 0.3) is 10.0 Å². The minimum atomic E-state index is -3.29. The van der Waals surface area contributed by atoms with Crippen molar-refractivity contribution in [1.82, 2.24) is 9.29 Å². The molecule has 0 N–H and O–H groups in total. The Hall–Kier alpha value is -0.460. The number of aromatic nitrogens is 1. The van der Waals surface area contributed by atoms with E-state index < -0.39 is 10.0 Å². The molecule has 62 valence electrons. The van der Waals surface area contributed by atoms with Crippen LogP contribution in [-0.2, 0) is 10.0 Å². The van der Waals surface area contributed by atoms with Crippen LogP contribution in [0.4, 0.5) is 0 Å². The fraction of sp³-hybridized carbons (Fsp3) is 0.400. The van der Waals surface area contributed by atoms with Crippen molar-refractivity contribution < 1.29 is 8.42 Å². The fourth-order valence-corrected chi connectivity index (χ4v) is 2.46. The van der Waals surface area contributed by atoms with Crippen LogP contribution in [0.15, 0.2) is 15.9 Å². The summed E-state index contributed by atoms with van der Waals surface area (Å²) in [6.45, 7) is 0. The molecule has 0 unspecified atom stereocenters. The van der Waals surface area contributed by atoms with Gasteiger partial charge in [0.2, 0.25) is 4.34 Å². The van der Waals surface area contributed by atoms with Gasteiger partial charge in [0.15, 0.2) is 0 Å². The van der Waals surface area contributed by atoms with Crippen LogP contribution in [0.3, 0.4) is 0 Å². The van der Waals surface area contributed by atoms with Crippen LogP contribution in [0.1, 0.15) is 0 Å². The Bertz CT molecular complexity index is 314. The number of hydrogen-bond acceptors (Lipinski definition) is 4. The molecule has 1 heterocycles. The van der Waals surface area contributed by atoms with E-state index in [2.05, 4.69) is 4.98 Å². The van der Waals surface area contributed by atoms with Gasteiger partial charge in [0, 0.05) is 25.7 Å². The second-order valence-electron chi connectivity index (χ2n) is 2.09. The van der Waals surface area contributed by atoms with Crippen LogP contribution in [0.25, 0.3) is 0 Å². The zero-order valence-corrected chi connectivity index (χ0v) is 7.82. The molecule has 0 spiro atoms. The van der Waals surface area contributed by atoms with Crippen LogP contribution in [0.2, 0.25) is 0 Å². The van der Waals surface area contributed by atoms with Gasteiger partial charge in [0.1, 0.15) is 0 Å². The van der Waals surface area contributed by atoms with Crippen molar-refractivity contribution in [3.8, 4) is 0 Å². The lowest BCUT2D eigenvalue weighted by atomic mass is 11.0. The van der Waals surface area contributed by atoms with Crippen molar-refractivity contribution >= 4 is 21.4 Å². The van der Waals surface area contributed by atoms with Gasteiger partial charge >= 0.3 is 0 Å². The molecule has 0 aromatic carbocycles. The summed E-state index contributed by atoms with van der Waals surface area (Å²) < 4.78 is 23.8. The first-order chi connectivity index (χ1) is 5.05. The van der Waals surface area contributed by atoms with E-state index >= 15 is 0 Å². The minimum Gasteiger partial charge on any atom is -0.233 e. The monoisotopic (exact) mass is 192 g/mol. The summed E-state index contributed by atoms with van der Waals surface area (Å²) in [5.74, 6) is 0. The molecule has 4 nitrogen and oxygen atoms in total. The van der Waals surface area contributed by atoms with Gasteiger partial charge in [-0.25, -0.2) is 17.7 Å². The number of sulfonamides is 1. The molecule has 0 aliphatic carbocycles. The van der Waals surface area contributed by atoms with Gasteiger partial charge < -0.3 is 0 Å². The average molecular weight is 192 g/mol. The second-order valence-corrected chi connectivity index (χ2v) is 5.31. The standard InChI is InChI=1S/C5H8N2O2S2/c1-7(2)11(8,9)5-6-3-4-10-5/h3-4H,1-2H3. The Kier molecular flexibility index (Phi) is 2.26. The minimum absolute atomic E-state index is 0.141. The summed E-state index contributed by atoms with van der Waals surface area (Å²) in [5.41, 5.74) is 0. The first kappa shape index (κ1) is 8.63. The molecule has 0 bridgehead atoms. The van der Waals surface area contributed by atoms with E-state index in [1.807, 2.05) is 0 Å². The Labute approximate surface area is 69.5 Å². The zero-order chi connectivity index (χ0) is 8.48. The molecule has 1 aromatic heterocycles. The first-order valence-corrected chi connectivity index (χ1v) is 5.19. The molecule has 0 aliphatic rings. The van der Waals surface area contributed by atoms with E-state index in [0.717, 1.165) is 15.6 Å². The van der Waals surface area contributed by atoms with E-state index in [1.54, 1.807) is 5.38 Å². The third kappa shape index (κ3) is 1.58. The summed E-state index contributed by atoms with van der Waals surface area (Å²) in [6, 6.07) is 0. The molecule has 1 aromatic rings. The van der Waals surface area contributed by atoms with Crippen molar-refractivity contribution in [2.75, 3.05) is 14.1 Å². The fourth-order valence-electron chi connectivity index (χ4n) is 0.494. The average Bonchev–Trinajstić information content (AvgIpc) is 2.37. The summed E-state index contributed by atoms with van der Waals surface area (Å²) in [4.78, 5) is 3.70. The van der Waals surface area contributed by atoms with E-state index in [4.69, 9.17) is 0 Å². The molecule has 0 radical (unpaired) electrons. The molecular formula is C5H8N2O2S2. The Morgan fingerprint density at radius 2 is 2.18 bits per heavy atom. The SMILES string of the molecule is CN(C)S(=O)(=O)c1nccs1. The summed E-state index contributed by atoms with van der Waals surface area (Å²) in [7, 11) is -0.327. The molecule has 0 fully saturated rings. The predicted octanol–water partition coefficient (Wildman–Crippen LogP) is 0.393. The summed E-state index contributed by atoms with van der Waals surface area (Å²) >= 11 is 1.12. The van der Waals surface area contributed by atoms with E-state index in [0.29, 0.717) is 0 Å². The highest BCUT2D eigenvalue weighted by molar-refractivity contribution is 7.91. The zero-order valence-electron chi connectivity index (χ0n) is 6.18. The number of rotatable bonds is 2. The number of hydrogen-bond donors (Lipinski definition) is 0. The van der Waals surface area contributed by atoms with Crippen LogP contribution >= 0.6 is 11.3 Å². The predicted molar refractivity (Wildman–Crippen MR) is 43.0 cm³/mol. The molecule has 0 amide bonds. The number of nitrogens with zero attached hydrogens (tertiary/aromatic N) is 2. The van der Waals surface area contributed by atoms with Crippen molar-refractivity contribution in [1.29, 1.82) is 0 Å². The van der Waals surface area contributed by atoms with Gasteiger partial charge in [-0.2, -0.15) is 0 Å². The van der Waals surface area contributed by atoms with Crippen molar-refractivity contribution in [2.24, 2.45) is 0 Å². The molecule has 0 saturated heterocycles. The third-order valence-electron chi connectivity index (χ3n) is 1.11. The van der Waals surface area contributed by atoms with Crippen LogP contribution in [0.5, 0.6) is 0 Å². The Morgan fingerprint density at radius 1 is 1.55 bits per heavy atom. The molecule has 11 heavy (non-hydrogen) atoms. The Morgan fingerprint density at radius 3 is 2.55 bits per heavy atom. The van der Waals surface area contributed by atoms with E-state index in [1.165, 1.54) is 20.3 Å². The van der Waals surface area contributed by atoms with Crippen molar-refractivity contribution in [3.05, 3.63) is 11.6 Å². The van der Waals surface area contributed by atoms with Crippen LogP contribution in [-0.4, -0.2) is 31.8 Å². The highest BCUT2D eigenvalue weighted by atomic mass is 32.2. The lowest BCUT2D eigenvalue weighted by Crippen LogP contribution is -2.21. The highest BCUT2D eigenvalue weighted by Crippen LogP contribution is 2.14. The topological polar surface area (TPSA) is 50.3 Å². The summed E-state index contributed by atoms with van der Waals surface area (Å²) in [5, 5.41) is 1.64. The summed E-state index contributed by atoms with van der Waals surface area (Å²) in [6.07, 6.45) is 1.47. The maximum absolute atomic E-state index is 11.3. The van der Waals surface area contributed by atoms with Gasteiger partial charge in [-0.15, -0.1) is 11.3 Å². The molecule has 6 heteroatoms. The molecule has 0 aliphatic heterocycles. The maximum atomic E-state index is 11.3. The van der Waals surface area contributed by atoms with Crippen LogP contribution in [0, 0.1) is 0 Å². The van der Waals surface area contributed by atoms with Crippen LogP contribution < -0.4 is 0 Å². The highest BCUT2D eigenvalue weighted by Gasteiger charge is 2.19. The molecule has 0 saturated carbocycles. The lowest BCUT2D eigenvalue weighted by molar-refractivity contribution is 0.520. The smallest absolute Gasteiger partial charge is 0.233 e. The largest absolute Gasteiger partial charge is 0.269 e. The number of thiazole rings is 1. The van der Waals surface area contributed by atoms with Gasteiger partial charge in [-0.05, 0) is 0 Å². The third-order valence-corrected chi connectivity index (χ3v) is 4.10. The van der Waals surface area contributed by atoms with Gasteiger partial charge in [-0.1, -0.05) is 0 Å². The second kappa shape index (κ2) is 2.88. The Balaban J connectivity index is 3.12. The van der Waals surface area contributed by atoms with E-state index in [9.17, 15) is 8.42 Å². The maximum Gasteiger partial charge on any atom is 0.269 e. The van der Waals surface area contributed by atoms with Gasteiger partial charge in [-0.3, -0.25) is 0 Å². The van der Waals surface area contributed by atoms with Crippen molar-refractivity contribution in [2.45, 2.75) is 4.34 Å². The van der Waals surface area contributed by atoms with Crippen molar-refractivity contribution in [3.63, 3.8) is 0 Å². The molecular weight excluding hydrogens is 184 g/mol. The first-order valence-electron chi connectivity index (χ1n) is 2.87. The molecule has 1 rings (SSSR count). The quantitative estimate of drug-likeness (QED) is 0.681. The molecule has 0 atom stereocenters. The lowest BCUT2D eigenvalue weighted by Gasteiger charge is -2.06.